The van der Waals surface area contributed by atoms with Crippen molar-refractivity contribution in [3.63, 3.8) is 0 Å². The topological polar surface area (TPSA) is 61.9 Å². The summed E-state index contributed by atoms with van der Waals surface area (Å²) in [6, 6.07) is 15.6. The summed E-state index contributed by atoms with van der Waals surface area (Å²) in [4.78, 5) is 29.5. The second-order valence-electron chi connectivity index (χ2n) is 7.30. The van der Waals surface area contributed by atoms with Crippen LogP contribution in [0.15, 0.2) is 48.5 Å². The first-order chi connectivity index (χ1) is 13.6. The van der Waals surface area contributed by atoms with Gasteiger partial charge < -0.3 is 19.9 Å². The highest BCUT2D eigenvalue weighted by Gasteiger charge is 2.36. The fraction of sp³-hybridized carbons (Fsp3) is 0.364. The van der Waals surface area contributed by atoms with Crippen molar-refractivity contribution in [1.82, 2.24) is 0 Å². The van der Waals surface area contributed by atoms with Gasteiger partial charge in [-0.1, -0.05) is 30.3 Å². The minimum absolute atomic E-state index is 0.00866. The van der Waals surface area contributed by atoms with E-state index < -0.39 is 0 Å². The minimum Gasteiger partial charge on any atom is -0.378 e. The van der Waals surface area contributed by atoms with Gasteiger partial charge in [-0.05, 0) is 30.7 Å². The number of hydrogen-bond acceptors (Lipinski definition) is 4. The van der Waals surface area contributed by atoms with Crippen LogP contribution in [0.25, 0.3) is 0 Å². The van der Waals surface area contributed by atoms with E-state index in [9.17, 15) is 9.59 Å². The molecule has 2 amide bonds. The van der Waals surface area contributed by atoms with Crippen LogP contribution in [0.1, 0.15) is 12.0 Å². The summed E-state index contributed by atoms with van der Waals surface area (Å²) in [7, 11) is 0. The predicted octanol–water partition coefficient (Wildman–Crippen LogP) is 2.82. The Hall–Kier alpha value is -2.86. The molecule has 2 heterocycles. The Morgan fingerprint density at radius 1 is 1.04 bits per heavy atom. The highest BCUT2D eigenvalue weighted by atomic mass is 16.5. The molecule has 1 atom stereocenters. The second-order valence-corrected chi connectivity index (χ2v) is 7.30. The Labute approximate surface area is 165 Å². The van der Waals surface area contributed by atoms with Crippen LogP contribution in [0.5, 0.6) is 0 Å². The molecule has 0 saturated carbocycles. The summed E-state index contributed by atoms with van der Waals surface area (Å²) >= 11 is 0. The number of carbonyl (C=O) groups excluding carboxylic acids is 2. The van der Waals surface area contributed by atoms with Gasteiger partial charge in [0.05, 0.1) is 30.5 Å². The molecule has 6 nitrogen and oxygen atoms in total. The Kier molecular flexibility index (Phi) is 5.30. The van der Waals surface area contributed by atoms with Crippen LogP contribution in [0.2, 0.25) is 0 Å². The zero-order valence-electron chi connectivity index (χ0n) is 16.1. The van der Waals surface area contributed by atoms with Gasteiger partial charge >= 0.3 is 0 Å². The van der Waals surface area contributed by atoms with Gasteiger partial charge in [-0.15, -0.1) is 0 Å². The molecule has 0 bridgehead atoms. The molecule has 4 rings (SSSR count). The van der Waals surface area contributed by atoms with E-state index in [1.54, 1.807) is 4.90 Å². The smallest absolute Gasteiger partial charge is 0.229 e. The molecule has 28 heavy (non-hydrogen) atoms. The number of nitrogens with one attached hydrogen (secondary N) is 1. The lowest BCUT2D eigenvalue weighted by molar-refractivity contribution is -0.122. The van der Waals surface area contributed by atoms with E-state index in [2.05, 4.69) is 10.2 Å². The van der Waals surface area contributed by atoms with Crippen LogP contribution in [0, 0.1) is 12.8 Å². The van der Waals surface area contributed by atoms with Gasteiger partial charge in [-0.3, -0.25) is 9.59 Å². The summed E-state index contributed by atoms with van der Waals surface area (Å²) < 4.78 is 5.45. The Morgan fingerprint density at radius 3 is 2.46 bits per heavy atom. The van der Waals surface area contributed by atoms with Gasteiger partial charge in [0, 0.05) is 31.7 Å². The maximum absolute atomic E-state index is 12.8. The number of amides is 2. The highest BCUT2D eigenvalue weighted by molar-refractivity contribution is 6.05. The van der Waals surface area contributed by atoms with Crippen LogP contribution in [0.4, 0.5) is 17.1 Å². The number of aryl methyl sites for hydroxylation is 1. The van der Waals surface area contributed by atoms with Crippen molar-refractivity contribution in [2.75, 3.05) is 48.0 Å². The maximum atomic E-state index is 12.8. The summed E-state index contributed by atoms with van der Waals surface area (Å²) in [6.07, 6.45) is 0.231. The summed E-state index contributed by atoms with van der Waals surface area (Å²) in [5, 5.41) is 2.98. The van der Waals surface area contributed by atoms with Crippen molar-refractivity contribution >= 4 is 28.9 Å². The first-order valence-electron chi connectivity index (χ1n) is 9.72. The standard InChI is InChI=1S/C22H25N3O3/c1-16-6-2-3-7-18(16)23-22(27)17-14-21(26)25(15-17)20-9-5-4-8-19(20)24-10-12-28-13-11-24/h2-9,17H,10-15H2,1H3,(H,23,27). The molecule has 1 N–H and O–H groups in total. The third-order valence-corrected chi connectivity index (χ3v) is 5.42. The molecule has 146 valence electrons. The molecule has 2 aromatic rings. The molecule has 0 aromatic heterocycles. The first-order valence-corrected chi connectivity index (χ1v) is 9.72. The second kappa shape index (κ2) is 8.02. The molecular formula is C22H25N3O3. The number of hydrogen-bond donors (Lipinski definition) is 1. The molecular weight excluding hydrogens is 354 g/mol. The van der Waals surface area contributed by atoms with Gasteiger partial charge in [0.1, 0.15) is 0 Å². The van der Waals surface area contributed by atoms with E-state index in [1.807, 2.05) is 55.5 Å². The monoisotopic (exact) mass is 379 g/mol. The van der Waals surface area contributed by atoms with Crippen LogP contribution in [0.3, 0.4) is 0 Å². The Morgan fingerprint density at radius 2 is 1.71 bits per heavy atom. The summed E-state index contributed by atoms with van der Waals surface area (Å²) in [5.41, 5.74) is 3.71. The molecule has 2 aromatic carbocycles. The molecule has 0 aliphatic carbocycles. The van der Waals surface area contributed by atoms with E-state index in [0.29, 0.717) is 19.8 Å². The van der Waals surface area contributed by atoms with Crippen molar-refractivity contribution in [2.24, 2.45) is 5.92 Å². The molecule has 2 aliphatic heterocycles. The largest absolute Gasteiger partial charge is 0.378 e. The fourth-order valence-corrected chi connectivity index (χ4v) is 3.83. The highest BCUT2D eigenvalue weighted by Crippen LogP contribution is 2.34. The van der Waals surface area contributed by atoms with Crippen molar-refractivity contribution in [3.05, 3.63) is 54.1 Å². The molecule has 2 fully saturated rings. The van der Waals surface area contributed by atoms with Crippen LogP contribution >= 0.6 is 0 Å². The van der Waals surface area contributed by atoms with Crippen molar-refractivity contribution in [1.29, 1.82) is 0 Å². The number of rotatable bonds is 4. The molecule has 6 heteroatoms. The maximum Gasteiger partial charge on any atom is 0.229 e. The average Bonchev–Trinajstić information content (AvgIpc) is 3.12. The number of para-hydroxylation sites is 3. The van der Waals surface area contributed by atoms with Gasteiger partial charge in [-0.2, -0.15) is 0 Å². The predicted molar refractivity (Wildman–Crippen MR) is 110 cm³/mol. The molecule has 1 unspecified atom stereocenters. The number of morpholine rings is 1. The van der Waals surface area contributed by atoms with Gasteiger partial charge in [0.2, 0.25) is 11.8 Å². The van der Waals surface area contributed by atoms with Crippen molar-refractivity contribution in [2.45, 2.75) is 13.3 Å². The van der Waals surface area contributed by atoms with E-state index in [4.69, 9.17) is 4.74 Å². The van der Waals surface area contributed by atoms with Crippen LogP contribution in [-0.2, 0) is 14.3 Å². The van der Waals surface area contributed by atoms with Gasteiger partial charge in [0.15, 0.2) is 0 Å². The van der Waals surface area contributed by atoms with Crippen LogP contribution in [-0.4, -0.2) is 44.7 Å². The SMILES string of the molecule is Cc1ccccc1NC(=O)C1CC(=O)N(c2ccccc2N2CCOCC2)C1. The average molecular weight is 379 g/mol. The molecule has 0 spiro atoms. The van der Waals surface area contributed by atoms with Crippen LogP contribution < -0.4 is 15.1 Å². The third kappa shape index (κ3) is 3.73. The van der Waals surface area contributed by atoms with Gasteiger partial charge in [-0.25, -0.2) is 0 Å². The fourth-order valence-electron chi connectivity index (χ4n) is 3.83. The first kappa shape index (κ1) is 18.5. The lowest BCUT2D eigenvalue weighted by Gasteiger charge is -2.32. The van der Waals surface area contributed by atoms with Crippen molar-refractivity contribution < 1.29 is 14.3 Å². The summed E-state index contributed by atoms with van der Waals surface area (Å²) in [6.45, 7) is 5.33. The van der Waals surface area contributed by atoms with E-state index >= 15 is 0 Å². The molecule has 2 aliphatic rings. The molecule has 2 saturated heterocycles. The number of benzene rings is 2. The minimum atomic E-state index is -0.357. The Balaban J connectivity index is 1.51. The lowest BCUT2D eigenvalue weighted by Crippen LogP contribution is -2.38. The molecule has 0 radical (unpaired) electrons. The summed E-state index contributed by atoms with van der Waals surface area (Å²) in [5.74, 6) is -0.468. The van der Waals surface area contributed by atoms with E-state index in [-0.39, 0.29) is 24.2 Å². The number of ether oxygens (including phenoxy) is 1. The quantitative estimate of drug-likeness (QED) is 0.887. The van der Waals surface area contributed by atoms with Crippen molar-refractivity contribution in [3.8, 4) is 0 Å². The number of anilines is 3. The third-order valence-electron chi connectivity index (χ3n) is 5.42. The number of nitrogens with zero attached hydrogens (tertiary/aromatic N) is 2. The van der Waals surface area contributed by atoms with E-state index in [1.165, 1.54) is 0 Å². The normalized spacial score (nSPS) is 19.8. The zero-order chi connectivity index (χ0) is 19.5. The Bertz CT molecular complexity index is 877. The lowest BCUT2D eigenvalue weighted by atomic mass is 10.1. The van der Waals surface area contributed by atoms with Gasteiger partial charge in [0.25, 0.3) is 0 Å². The van der Waals surface area contributed by atoms with E-state index in [0.717, 1.165) is 35.7 Å². The zero-order valence-corrected chi connectivity index (χ0v) is 16.1. The number of carbonyl (C=O) groups is 2.